The molecule has 0 saturated carbocycles. The van der Waals surface area contributed by atoms with E-state index in [9.17, 15) is 9.59 Å². The van der Waals surface area contributed by atoms with Crippen LogP contribution < -0.4 is 10.5 Å². The number of likely N-dealkylation sites (tertiary alicyclic amines) is 1. The first-order chi connectivity index (χ1) is 13.5. The summed E-state index contributed by atoms with van der Waals surface area (Å²) in [6.07, 6.45) is 3.42. The number of aromatic nitrogens is 1. The van der Waals surface area contributed by atoms with Gasteiger partial charge in [0.25, 0.3) is 0 Å². The lowest BCUT2D eigenvalue weighted by molar-refractivity contribution is -0.139. The number of carbonyl (C=O) groups is 2. The molecule has 1 aliphatic rings. The van der Waals surface area contributed by atoms with Gasteiger partial charge in [0.2, 0.25) is 5.91 Å². The van der Waals surface area contributed by atoms with Crippen molar-refractivity contribution in [3.8, 4) is 5.75 Å². The molecule has 0 bridgehead atoms. The van der Waals surface area contributed by atoms with Crippen molar-refractivity contribution in [1.29, 1.82) is 0 Å². The Kier molecular flexibility index (Phi) is 4.68. The maximum absolute atomic E-state index is 12.2. The van der Waals surface area contributed by atoms with E-state index in [0.29, 0.717) is 16.7 Å². The molecule has 1 aromatic heterocycles. The summed E-state index contributed by atoms with van der Waals surface area (Å²) in [7, 11) is 2.10. The molecule has 28 heavy (non-hydrogen) atoms. The number of carbonyl (C=O) groups excluding carboxylic acids is 1. The monoisotopic (exact) mass is 381 g/mol. The summed E-state index contributed by atoms with van der Waals surface area (Å²) < 4.78 is 7.80. The number of carboxylic acids is 1. The second kappa shape index (κ2) is 7.16. The largest absolute Gasteiger partial charge is 0.481 e. The topological polar surface area (TPSA) is 97.8 Å². The first-order valence-electron chi connectivity index (χ1n) is 9.39. The second-order valence-electron chi connectivity index (χ2n) is 7.22. The summed E-state index contributed by atoms with van der Waals surface area (Å²) in [5.41, 5.74) is 7.88. The van der Waals surface area contributed by atoms with Gasteiger partial charge >= 0.3 is 5.97 Å². The van der Waals surface area contributed by atoms with Gasteiger partial charge in [0.1, 0.15) is 5.75 Å². The van der Waals surface area contributed by atoms with Crippen LogP contribution >= 0.6 is 0 Å². The summed E-state index contributed by atoms with van der Waals surface area (Å²) >= 11 is 0. The molecule has 7 nitrogen and oxygen atoms in total. The van der Waals surface area contributed by atoms with E-state index in [1.54, 1.807) is 12.1 Å². The van der Waals surface area contributed by atoms with Crippen LogP contribution in [0.5, 0.6) is 5.75 Å². The smallest absolute Gasteiger partial charge is 0.341 e. The van der Waals surface area contributed by atoms with Crippen molar-refractivity contribution in [3.05, 3.63) is 42.0 Å². The summed E-state index contributed by atoms with van der Waals surface area (Å²) in [5, 5.41) is 10.5. The Bertz CT molecular complexity index is 1070. The number of benzene rings is 2. The predicted molar refractivity (Wildman–Crippen MR) is 107 cm³/mol. The van der Waals surface area contributed by atoms with Crippen LogP contribution in [-0.4, -0.2) is 46.6 Å². The first-order valence-corrected chi connectivity index (χ1v) is 9.39. The van der Waals surface area contributed by atoms with Crippen LogP contribution in [0.2, 0.25) is 0 Å². The van der Waals surface area contributed by atoms with Crippen molar-refractivity contribution in [1.82, 2.24) is 9.47 Å². The normalized spacial score (nSPS) is 17.8. The van der Waals surface area contributed by atoms with Crippen LogP contribution in [0.1, 0.15) is 35.8 Å². The van der Waals surface area contributed by atoms with E-state index >= 15 is 0 Å². The predicted octanol–water partition coefficient (Wildman–Crippen LogP) is 2.97. The van der Waals surface area contributed by atoms with E-state index in [0.717, 1.165) is 42.2 Å². The molecule has 4 rings (SSSR count). The fourth-order valence-electron chi connectivity index (χ4n) is 4.27. The van der Waals surface area contributed by atoms with E-state index in [4.69, 9.17) is 15.6 Å². The molecule has 3 N–H and O–H groups in total. The number of carboxylic acid groups (broad SMARTS) is 1. The molecule has 2 aromatic carbocycles. The minimum Gasteiger partial charge on any atom is -0.481 e. The first kappa shape index (κ1) is 18.3. The average molecular weight is 381 g/mol. The lowest BCUT2D eigenvalue weighted by Crippen LogP contribution is -2.33. The molecule has 1 amide bonds. The minimum absolute atomic E-state index is 0.145. The zero-order valence-electron chi connectivity index (χ0n) is 15.7. The number of piperidine rings is 1. The lowest BCUT2D eigenvalue weighted by Gasteiger charge is -2.34. The minimum atomic E-state index is -1.05. The van der Waals surface area contributed by atoms with Crippen molar-refractivity contribution in [2.24, 2.45) is 5.73 Å². The van der Waals surface area contributed by atoms with E-state index < -0.39 is 18.5 Å². The fourth-order valence-corrected chi connectivity index (χ4v) is 4.27. The Morgan fingerprint density at radius 2 is 1.86 bits per heavy atom. The number of hydrogen-bond donors (Lipinski definition) is 2. The van der Waals surface area contributed by atoms with Crippen molar-refractivity contribution in [3.63, 3.8) is 0 Å². The van der Waals surface area contributed by atoms with Gasteiger partial charge in [-0.1, -0.05) is 12.1 Å². The summed E-state index contributed by atoms with van der Waals surface area (Å²) in [6, 6.07) is 11.1. The molecule has 1 aliphatic heterocycles. The number of amides is 1. The van der Waals surface area contributed by atoms with Gasteiger partial charge in [0, 0.05) is 10.9 Å². The third-order valence-corrected chi connectivity index (χ3v) is 5.46. The molecular weight excluding hydrogens is 358 g/mol. The molecule has 2 heterocycles. The fraction of sp³-hybridized carbons (Fsp3) is 0.333. The molecule has 1 unspecified atom stereocenters. The molecule has 146 valence electrons. The summed E-state index contributed by atoms with van der Waals surface area (Å²) in [6.45, 7) is 0.546. The molecular formula is C21H23N3O4. The Morgan fingerprint density at radius 3 is 2.54 bits per heavy atom. The lowest BCUT2D eigenvalue weighted by atomic mass is 10.1. The quantitative estimate of drug-likeness (QED) is 0.708. The van der Waals surface area contributed by atoms with Gasteiger partial charge in [0.15, 0.2) is 6.61 Å². The Morgan fingerprint density at radius 1 is 1.14 bits per heavy atom. The van der Waals surface area contributed by atoms with E-state index in [1.165, 1.54) is 0 Å². The Balaban J connectivity index is 2.06. The molecule has 1 fully saturated rings. The molecule has 0 aliphatic carbocycles. The molecule has 1 saturated heterocycles. The zero-order valence-corrected chi connectivity index (χ0v) is 15.7. The molecule has 0 spiro atoms. The van der Waals surface area contributed by atoms with E-state index in [-0.39, 0.29) is 6.17 Å². The third-order valence-electron chi connectivity index (χ3n) is 5.46. The Labute approximate surface area is 162 Å². The number of rotatable bonds is 5. The number of nitrogens with two attached hydrogens (primary N) is 1. The average Bonchev–Trinajstić information content (AvgIpc) is 3.01. The highest BCUT2D eigenvalue weighted by Crippen LogP contribution is 2.41. The van der Waals surface area contributed by atoms with Crippen molar-refractivity contribution < 1.29 is 19.4 Å². The van der Waals surface area contributed by atoms with Crippen LogP contribution in [0, 0.1) is 0 Å². The van der Waals surface area contributed by atoms with E-state index in [2.05, 4.69) is 16.5 Å². The SMILES string of the molecule is CN1CCCCC1n1c2cccc(OCC(=O)O)c2c2c(C(N)=O)cccc21. The van der Waals surface area contributed by atoms with Crippen molar-refractivity contribution in [2.75, 3.05) is 20.2 Å². The van der Waals surface area contributed by atoms with Gasteiger partial charge in [-0.15, -0.1) is 0 Å². The van der Waals surface area contributed by atoms with Crippen LogP contribution in [0.15, 0.2) is 36.4 Å². The number of aliphatic carboxylic acids is 1. The maximum Gasteiger partial charge on any atom is 0.341 e. The summed E-state index contributed by atoms with van der Waals surface area (Å²) in [4.78, 5) is 25.5. The van der Waals surface area contributed by atoms with Crippen LogP contribution in [0.4, 0.5) is 0 Å². The van der Waals surface area contributed by atoms with Gasteiger partial charge in [-0.25, -0.2) is 4.79 Å². The van der Waals surface area contributed by atoms with Gasteiger partial charge in [-0.3, -0.25) is 9.69 Å². The van der Waals surface area contributed by atoms with Crippen LogP contribution in [0.25, 0.3) is 21.8 Å². The number of nitrogens with zero attached hydrogens (tertiary/aromatic N) is 2. The molecule has 7 heteroatoms. The summed E-state index contributed by atoms with van der Waals surface area (Å²) in [5.74, 6) is -1.13. The molecule has 1 atom stereocenters. The van der Waals surface area contributed by atoms with Gasteiger partial charge < -0.3 is 20.1 Å². The van der Waals surface area contributed by atoms with Crippen molar-refractivity contribution >= 4 is 33.7 Å². The Hall–Kier alpha value is -3.06. The number of fused-ring (bicyclic) bond motifs is 3. The highest BCUT2D eigenvalue weighted by Gasteiger charge is 2.27. The van der Waals surface area contributed by atoms with Gasteiger partial charge in [-0.05, 0) is 57.1 Å². The highest BCUT2D eigenvalue weighted by molar-refractivity contribution is 6.19. The van der Waals surface area contributed by atoms with Gasteiger partial charge in [0.05, 0.1) is 22.6 Å². The molecule has 3 aromatic rings. The molecule has 0 radical (unpaired) electrons. The maximum atomic E-state index is 12.2. The van der Waals surface area contributed by atoms with Crippen LogP contribution in [0.3, 0.4) is 0 Å². The number of hydrogen-bond acceptors (Lipinski definition) is 4. The highest BCUT2D eigenvalue weighted by atomic mass is 16.5. The number of ether oxygens (including phenoxy) is 1. The third kappa shape index (κ3) is 2.97. The van der Waals surface area contributed by atoms with Crippen molar-refractivity contribution in [2.45, 2.75) is 25.4 Å². The zero-order chi connectivity index (χ0) is 19.8. The second-order valence-corrected chi connectivity index (χ2v) is 7.22. The van der Waals surface area contributed by atoms with E-state index in [1.807, 2.05) is 24.3 Å². The van der Waals surface area contributed by atoms with Crippen LogP contribution in [-0.2, 0) is 4.79 Å². The number of primary amides is 1. The standard InChI is InChI=1S/C21H23N3O4/c1-23-11-3-2-10-17(23)24-14-7-4-6-13(21(22)27)19(14)20-15(24)8-5-9-16(20)28-12-18(25)26/h4-9,17H,2-3,10-12H2,1H3,(H2,22,27)(H,25,26). The van der Waals surface area contributed by atoms with Gasteiger partial charge in [-0.2, -0.15) is 0 Å².